The van der Waals surface area contributed by atoms with E-state index in [-0.39, 0.29) is 44.0 Å². The monoisotopic (exact) mass is 921 g/mol. The van der Waals surface area contributed by atoms with Gasteiger partial charge in [-0.2, -0.15) is 0 Å². The van der Waals surface area contributed by atoms with Gasteiger partial charge in [-0.1, -0.05) is 198 Å². The summed E-state index contributed by atoms with van der Waals surface area (Å²) in [6.07, 6.45) is 78.1. The van der Waals surface area contributed by atoms with Gasteiger partial charge in [0, 0.05) is 19.3 Å². The average Bonchev–Trinajstić information content (AvgIpc) is 3.33. The molecule has 0 spiro atoms. The van der Waals surface area contributed by atoms with E-state index in [1.165, 1.54) is 0 Å². The Kier molecular flexibility index (Phi) is 49.7. The van der Waals surface area contributed by atoms with Gasteiger partial charge in [-0.05, 0) is 128 Å². The van der Waals surface area contributed by atoms with Gasteiger partial charge in [0.25, 0.3) is 0 Å². The molecule has 67 heavy (non-hydrogen) atoms. The number of hydrogen-bond acceptors (Lipinski definition) is 6. The van der Waals surface area contributed by atoms with Gasteiger partial charge in [-0.3, -0.25) is 14.4 Å². The fourth-order valence-corrected chi connectivity index (χ4v) is 6.24. The molecule has 0 N–H and O–H groups in total. The van der Waals surface area contributed by atoms with Gasteiger partial charge in [0.1, 0.15) is 13.2 Å². The van der Waals surface area contributed by atoms with Gasteiger partial charge in [0.15, 0.2) is 6.10 Å². The molecular formula is C61H92O6. The van der Waals surface area contributed by atoms with Crippen LogP contribution in [0, 0.1) is 0 Å². The van der Waals surface area contributed by atoms with Crippen molar-refractivity contribution in [2.75, 3.05) is 13.2 Å². The van der Waals surface area contributed by atoms with Crippen LogP contribution in [0.3, 0.4) is 0 Å². The minimum absolute atomic E-state index is 0.135. The summed E-state index contributed by atoms with van der Waals surface area (Å²) in [4.78, 5) is 38.0. The Labute approximate surface area is 409 Å². The van der Waals surface area contributed by atoms with Gasteiger partial charge in [0.05, 0.1) is 0 Å². The topological polar surface area (TPSA) is 78.9 Å². The third-order valence-electron chi connectivity index (χ3n) is 10.0. The van der Waals surface area contributed by atoms with E-state index in [9.17, 15) is 14.4 Å². The molecule has 0 aromatic heterocycles. The van der Waals surface area contributed by atoms with E-state index in [0.717, 1.165) is 135 Å². The molecule has 6 heteroatoms. The van der Waals surface area contributed by atoms with Crippen LogP contribution in [0.1, 0.15) is 188 Å². The summed E-state index contributed by atoms with van der Waals surface area (Å²) in [5.41, 5.74) is 0. The van der Waals surface area contributed by atoms with Crippen molar-refractivity contribution < 1.29 is 28.6 Å². The number of ether oxygens (including phenoxy) is 3. The van der Waals surface area contributed by atoms with Gasteiger partial charge in [-0.15, -0.1) is 0 Å². The molecule has 6 nitrogen and oxygen atoms in total. The highest BCUT2D eigenvalue weighted by Crippen LogP contribution is 2.11. The Morgan fingerprint density at radius 1 is 0.299 bits per heavy atom. The number of rotatable bonds is 44. The van der Waals surface area contributed by atoms with Gasteiger partial charge >= 0.3 is 17.9 Å². The average molecular weight is 921 g/mol. The zero-order valence-corrected chi connectivity index (χ0v) is 42.3. The molecule has 0 aliphatic carbocycles. The van der Waals surface area contributed by atoms with E-state index in [0.29, 0.717) is 19.3 Å². The van der Waals surface area contributed by atoms with Crippen LogP contribution >= 0.6 is 0 Å². The Morgan fingerprint density at radius 3 is 0.955 bits per heavy atom. The number of allylic oxidation sites excluding steroid dienone is 26. The van der Waals surface area contributed by atoms with Crippen LogP contribution in [-0.4, -0.2) is 37.2 Å². The van der Waals surface area contributed by atoms with E-state index >= 15 is 0 Å². The lowest BCUT2D eigenvalue weighted by molar-refractivity contribution is -0.166. The number of carbonyl (C=O) groups excluding carboxylic acids is 3. The van der Waals surface area contributed by atoms with Crippen LogP contribution in [-0.2, 0) is 28.6 Å². The van der Waals surface area contributed by atoms with Crippen molar-refractivity contribution >= 4 is 17.9 Å². The van der Waals surface area contributed by atoms with Crippen LogP contribution in [0.5, 0.6) is 0 Å². The number of hydrogen-bond donors (Lipinski definition) is 0. The van der Waals surface area contributed by atoms with Gasteiger partial charge in [0.2, 0.25) is 0 Å². The number of esters is 3. The molecule has 0 radical (unpaired) electrons. The van der Waals surface area contributed by atoms with Crippen LogP contribution in [0.4, 0.5) is 0 Å². The predicted octanol–water partition coefficient (Wildman–Crippen LogP) is 17.4. The van der Waals surface area contributed by atoms with Crippen molar-refractivity contribution in [3.05, 3.63) is 158 Å². The van der Waals surface area contributed by atoms with E-state index in [4.69, 9.17) is 14.2 Å². The molecule has 0 aliphatic rings. The lowest BCUT2D eigenvalue weighted by Crippen LogP contribution is -2.30. The molecule has 0 unspecified atom stereocenters. The van der Waals surface area contributed by atoms with E-state index in [2.05, 4.69) is 167 Å². The molecule has 0 fully saturated rings. The maximum atomic E-state index is 12.8. The Hall–Kier alpha value is -4.97. The molecular weight excluding hydrogens is 829 g/mol. The highest BCUT2D eigenvalue weighted by atomic mass is 16.6. The van der Waals surface area contributed by atoms with Crippen molar-refractivity contribution in [2.24, 2.45) is 0 Å². The summed E-state index contributed by atoms with van der Waals surface area (Å²) < 4.78 is 16.7. The zero-order chi connectivity index (χ0) is 48.6. The zero-order valence-electron chi connectivity index (χ0n) is 42.3. The van der Waals surface area contributed by atoms with Gasteiger partial charge < -0.3 is 14.2 Å². The fraction of sp³-hybridized carbons (Fsp3) is 0.525. The molecule has 0 aromatic carbocycles. The third kappa shape index (κ3) is 51.9. The highest BCUT2D eigenvalue weighted by molar-refractivity contribution is 5.71. The Morgan fingerprint density at radius 2 is 0.567 bits per heavy atom. The summed E-state index contributed by atoms with van der Waals surface area (Å²) in [5.74, 6) is -1.09. The normalized spacial score (nSPS) is 13.4. The molecule has 1 atom stereocenters. The predicted molar refractivity (Wildman–Crippen MR) is 288 cm³/mol. The van der Waals surface area contributed by atoms with E-state index in [1.54, 1.807) is 0 Å². The minimum Gasteiger partial charge on any atom is -0.462 e. The van der Waals surface area contributed by atoms with Gasteiger partial charge in [-0.25, -0.2) is 0 Å². The summed E-state index contributed by atoms with van der Waals surface area (Å²) in [5, 5.41) is 0. The first-order valence-corrected chi connectivity index (χ1v) is 26.0. The number of unbranched alkanes of at least 4 members (excludes halogenated alkanes) is 7. The molecule has 0 bridgehead atoms. The van der Waals surface area contributed by atoms with Crippen molar-refractivity contribution in [3.63, 3.8) is 0 Å². The summed E-state index contributed by atoms with van der Waals surface area (Å²) >= 11 is 0. The maximum absolute atomic E-state index is 12.8. The van der Waals surface area contributed by atoms with Crippen LogP contribution in [0.15, 0.2) is 158 Å². The maximum Gasteiger partial charge on any atom is 0.306 e. The first-order valence-electron chi connectivity index (χ1n) is 26.0. The highest BCUT2D eigenvalue weighted by Gasteiger charge is 2.19. The first-order chi connectivity index (χ1) is 33.0. The van der Waals surface area contributed by atoms with Crippen LogP contribution in [0.2, 0.25) is 0 Å². The standard InChI is InChI=1S/C61H92O6/c1-4-7-10-13-16-19-22-25-28-29-30-31-34-36-39-42-45-48-51-54-60(63)66-57-58(67-61(64)55-52-49-46-43-40-37-33-27-24-21-18-15-12-9-6-3)56-65-59(62)53-50-47-44-41-38-35-32-26-23-20-17-14-11-8-5-2/h7-12,16-21,25-28,30-33,36,39-40,43,45,48,58H,4-6,13-15,22-24,29,34-35,37-38,41-42,44,46-47,49-57H2,1-3H3/b10-7-,11-8-,12-9-,19-16-,20-17-,21-18-,28-25-,31-30-,32-26-,33-27-,39-36-,43-40-,48-45-/t58-/m1/s1. The largest absolute Gasteiger partial charge is 0.462 e. The van der Waals surface area contributed by atoms with E-state index < -0.39 is 6.10 Å². The van der Waals surface area contributed by atoms with Crippen molar-refractivity contribution in [1.82, 2.24) is 0 Å². The quantitative estimate of drug-likeness (QED) is 0.0262. The first kappa shape index (κ1) is 62.0. The lowest BCUT2D eigenvalue weighted by Gasteiger charge is -2.18. The molecule has 0 amide bonds. The second-order valence-electron chi connectivity index (χ2n) is 16.3. The fourth-order valence-electron chi connectivity index (χ4n) is 6.24. The second-order valence-corrected chi connectivity index (χ2v) is 16.3. The molecule has 0 aliphatic heterocycles. The Balaban J connectivity index is 4.63. The molecule has 372 valence electrons. The smallest absolute Gasteiger partial charge is 0.306 e. The van der Waals surface area contributed by atoms with Crippen molar-refractivity contribution in [2.45, 2.75) is 194 Å². The lowest BCUT2D eigenvalue weighted by atomic mass is 10.1. The molecule has 0 aromatic rings. The summed E-state index contributed by atoms with van der Waals surface area (Å²) in [6, 6.07) is 0. The molecule has 0 heterocycles. The SMILES string of the molecule is CC/C=C\C/C=C\C/C=C\C/C=C\C/C=C\C/C=C\CCC(=O)OC[C@@H](COC(=O)CCCCCCC/C=C\C/C=C\C/C=C\CC)OC(=O)CCCC/C=C\C/C=C\C/C=C\C/C=C\CC. The Bertz CT molecular complexity index is 1570. The summed E-state index contributed by atoms with van der Waals surface area (Å²) in [6.45, 7) is 6.15. The molecule has 0 saturated carbocycles. The number of carbonyl (C=O) groups is 3. The van der Waals surface area contributed by atoms with Crippen molar-refractivity contribution in [3.8, 4) is 0 Å². The van der Waals surface area contributed by atoms with Crippen LogP contribution in [0.25, 0.3) is 0 Å². The minimum atomic E-state index is -0.845. The van der Waals surface area contributed by atoms with Crippen LogP contribution < -0.4 is 0 Å². The second kappa shape index (κ2) is 53.6. The molecule has 0 rings (SSSR count). The van der Waals surface area contributed by atoms with Crippen molar-refractivity contribution in [1.29, 1.82) is 0 Å². The van der Waals surface area contributed by atoms with E-state index in [1.807, 2.05) is 12.2 Å². The third-order valence-corrected chi connectivity index (χ3v) is 10.0. The summed E-state index contributed by atoms with van der Waals surface area (Å²) in [7, 11) is 0. The molecule has 0 saturated heterocycles.